The quantitative estimate of drug-likeness (QED) is 0.646. The number of piperidine rings is 1. The van der Waals surface area contributed by atoms with Crippen molar-refractivity contribution in [1.82, 2.24) is 10.2 Å². The first-order chi connectivity index (χ1) is 10.2. The van der Waals surface area contributed by atoms with Crippen LogP contribution in [0.4, 0.5) is 5.69 Å². The molecule has 1 atom stereocenters. The van der Waals surface area contributed by atoms with E-state index in [-0.39, 0.29) is 10.6 Å². The number of hydrogen-bond acceptors (Lipinski definition) is 4. The second-order valence-corrected chi connectivity index (χ2v) is 6.19. The molecule has 0 radical (unpaired) electrons. The summed E-state index contributed by atoms with van der Waals surface area (Å²) in [6, 6.07) is 8.30. The van der Waals surface area contributed by atoms with E-state index in [2.05, 4.69) is 10.2 Å². The van der Waals surface area contributed by atoms with Gasteiger partial charge in [0.05, 0.1) is 4.92 Å². The number of rotatable bonds is 6. The minimum Gasteiger partial charge on any atom is -0.313 e. The number of nitro groups is 1. The highest BCUT2D eigenvalue weighted by Crippen LogP contribution is 2.30. The van der Waals surface area contributed by atoms with Gasteiger partial charge in [-0.25, -0.2) is 0 Å². The first kappa shape index (κ1) is 14.5. The van der Waals surface area contributed by atoms with E-state index < -0.39 is 0 Å². The van der Waals surface area contributed by atoms with E-state index in [1.165, 1.54) is 32.1 Å². The van der Waals surface area contributed by atoms with E-state index in [4.69, 9.17) is 0 Å². The molecule has 5 nitrogen and oxygen atoms in total. The van der Waals surface area contributed by atoms with E-state index in [1.54, 1.807) is 12.1 Å². The summed E-state index contributed by atoms with van der Waals surface area (Å²) in [5.74, 6) is 0. The van der Waals surface area contributed by atoms with Crippen molar-refractivity contribution in [2.24, 2.45) is 0 Å². The molecule has 1 aliphatic heterocycles. The van der Waals surface area contributed by atoms with Gasteiger partial charge < -0.3 is 5.32 Å². The molecular formula is C16H23N3O2. The third-order valence-corrected chi connectivity index (χ3v) is 4.49. The molecule has 1 unspecified atom stereocenters. The van der Waals surface area contributed by atoms with Gasteiger partial charge in [-0.2, -0.15) is 0 Å². The molecule has 1 aliphatic carbocycles. The van der Waals surface area contributed by atoms with Gasteiger partial charge in [0.2, 0.25) is 0 Å². The molecule has 3 rings (SSSR count). The van der Waals surface area contributed by atoms with Crippen LogP contribution in [0, 0.1) is 10.1 Å². The molecule has 0 bridgehead atoms. The molecule has 1 aromatic carbocycles. The number of hydrogen-bond donors (Lipinski definition) is 1. The highest BCUT2D eigenvalue weighted by molar-refractivity contribution is 5.39. The van der Waals surface area contributed by atoms with Crippen LogP contribution in [-0.4, -0.2) is 35.0 Å². The van der Waals surface area contributed by atoms with Gasteiger partial charge in [-0.1, -0.05) is 24.6 Å². The molecule has 1 aromatic rings. The van der Waals surface area contributed by atoms with Crippen LogP contribution in [0.1, 0.15) is 37.7 Å². The van der Waals surface area contributed by atoms with Crippen molar-refractivity contribution in [3.8, 4) is 0 Å². The van der Waals surface area contributed by atoms with Crippen LogP contribution in [0.3, 0.4) is 0 Å². The molecule has 1 heterocycles. The predicted molar refractivity (Wildman–Crippen MR) is 82.2 cm³/mol. The molecule has 0 aromatic heterocycles. The zero-order valence-corrected chi connectivity index (χ0v) is 12.3. The Morgan fingerprint density at radius 1 is 1.24 bits per heavy atom. The van der Waals surface area contributed by atoms with E-state index in [0.717, 1.165) is 18.7 Å². The monoisotopic (exact) mass is 289 g/mol. The lowest BCUT2D eigenvalue weighted by molar-refractivity contribution is -0.385. The summed E-state index contributed by atoms with van der Waals surface area (Å²) in [5, 5.41) is 14.7. The largest absolute Gasteiger partial charge is 0.313 e. The summed E-state index contributed by atoms with van der Waals surface area (Å²) >= 11 is 0. The average molecular weight is 289 g/mol. The van der Waals surface area contributed by atoms with Crippen LogP contribution in [-0.2, 0) is 6.54 Å². The topological polar surface area (TPSA) is 58.4 Å². The Kier molecular flexibility index (Phi) is 4.51. The zero-order valence-electron chi connectivity index (χ0n) is 12.3. The Bertz CT molecular complexity index is 496. The Morgan fingerprint density at radius 3 is 2.71 bits per heavy atom. The standard InChI is InChI=1S/C16H23N3O2/c20-19(21)16-7-2-1-5-13(16)11-18(15-8-9-15)12-14-6-3-4-10-17-14/h1-2,5,7,14-15,17H,3-4,6,8-12H2. The number of nitrogens with zero attached hydrogens (tertiary/aromatic N) is 2. The number of benzene rings is 1. The van der Waals surface area contributed by atoms with Gasteiger partial charge in [-0.15, -0.1) is 0 Å². The second kappa shape index (κ2) is 6.54. The van der Waals surface area contributed by atoms with Crippen molar-refractivity contribution in [3.63, 3.8) is 0 Å². The van der Waals surface area contributed by atoms with E-state index in [9.17, 15) is 10.1 Å². The fraction of sp³-hybridized carbons (Fsp3) is 0.625. The second-order valence-electron chi connectivity index (χ2n) is 6.19. The van der Waals surface area contributed by atoms with Crippen molar-refractivity contribution in [3.05, 3.63) is 39.9 Å². The molecular weight excluding hydrogens is 266 g/mol. The zero-order chi connectivity index (χ0) is 14.7. The Labute approximate surface area is 125 Å². The van der Waals surface area contributed by atoms with E-state index >= 15 is 0 Å². The molecule has 0 spiro atoms. The van der Waals surface area contributed by atoms with Gasteiger partial charge in [0.25, 0.3) is 5.69 Å². The maximum Gasteiger partial charge on any atom is 0.273 e. The van der Waals surface area contributed by atoms with Crippen LogP contribution >= 0.6 is 0 Å². The van der Waals surface area contributed by atoms with Crippen molar-refractivity contribution in [1.29, 1.82) is 0 Å². The fourth-order valence-corrected chi connectivity index (χ4v) is 3.19. The van der Waals surface area contributed by atoms with Crippen molar-refractivity contribution < 1.29 is 4.92 Å². The van der Waals surface area contributed by atoms with Crippen LogP contribution in [0.2, 0.25) is 0 Å². The summed E-state index contributed by atoms with van der Waals surface area (Å²) in [6.45, 7) is 2.81. The lowest BCUT2D eigenvalue weighted by atomic mass is 10.0. The summed E-state index contributed by atoms with van der Waals surface area (Å²) in [7, 11) is 0. The van der Waals surface area contributed by atoms with Gasteiger partial charge in [-0.05, 0) is 32.2 Å². The maximum atomic E-state index is 11.2. The highest BCUT2D eigenvalue weighted by atomic mass is 16.6. The minimum atomic E-state index is -0.265. The Morgan fingerprint density at radius 2 is 2.05 bits per heavy atom. The molecule has 0 amide bonds. The van der Waals surface area contributed by atoms with E-state index in [1.807, 2.05) is 12.1 Å². The molecule has 1 N–H and O–H groups in total. The lowest BCUT2D eigenvalue weighted by Gasteiger charge is -2.30. The van der Waals surface area contributed by atoms with Crippen molar-refractivity contribution >= 4 is 5.69 Å². The van der Waals surface area contributed by atoms with Gasteiger partial charge >= 0.3 is 0 Å². The summed E-state index contributed by atoms with van der Waals surface area (Å²) in [6.07, 6.45) is 6.24. The van der Waals surface area contributed by atoms with E-state index in [0.29, 0.717) is 18.6 Å². The van der Waals surface area contributed by atoms with Crippen molar-refractivity contribution in [2.75, 3.05) is 13.1 Å². The van der Waals surface area contributed by atoms with Crippen molar-refractivity contribution in [2.45, 2.75) is 50.7 Å². The summed E-state index contributed by atoms with van der Waals surface area (Å²) < 4.78 is 0. The van der Waals surface area contributed by atoms with Crippen LogP contribution < -0.4 is 5.32 Å². The summed E-state index contributed by atoms with van der Waals surface area (Å²) in [4.78, 5) is 13.3. The molecule has 2 aliphatic rings. The van der Waals surface area contributed by atoms with Gasteiger partial charge in [0.15, 0.2) is 0 Å². The third kappa shape index (κ3) is 3.80. The predicted octanol–water partition coefficient (Wildman–Crippen LogP) is 2.70. The molecule has 1 saturated heterocycles. The van der Waals surface area contributed by atoms with Gasteiger partial charge in [0.1, 0.15) is 0 Å². The third-order valence-electron chi connectivity index (χ3n) is 4.49. The first-order valence-electron chi connectivity index (χ1n) is 7.94. The fourth-order valence-electron chi connectivity index (χ4n) is 3.19. The smallest absolute Gasteiger partial charge is 0.273 e. The van der Waals surface area contributed by atoms with Gasteiger partial charge in [0, 0.05) is 36.8 Å². The number of para-hydroxylation sites is 1. The van der Waals surface area contributed by atoms with Crippen LogP contribution in [0.15, 0.2) is 24.3 Å². The maximum absolute atomic E-state index is 11.2. The summed E-state index contributed by atoms with van der Waals surface area (Å²) in [5.41, 5.74) is 1.09. The normalized spacial score (nSPS) is 22.4. The Hall–Kier alpha value is -1.46. The lowest BCUT2D eigenvalue weighted by Crippen LogP contribution is -2.44. The number of nitro benzene ring substituents is 1. The van der Waals surface area contributed by atoms with Crippen LogP contribution in [0.5, 0.6) is 0 Å². The molecule has 2 fully saturated rings. The first-order valence-corrected chi connectivity index (χ1v) is 7.94. The highest BCUT2D eigenvalue weighted by Gasteiger charge is 2.32. The molecule has 5 heteroatoms. The molecule has 21 heavy (non-hydrogen) atoms. The van der Waals surface area contributed by atoms with Gasteiger partial charge in [-0.3, -0.25) is 15.0 Å². The average Bonchev–Trinajstić information content (AvgIpc) is 3.33. The Balaban J connectivity index is 1.69. The number of nitrogens with one attached hydrogen (secondary N) is 1. The van der Waals surface area contributed by atoms with Crippen LogP contribution in [0.25, 0.3) is 0 Å². The SMILES string of the molecule is O=[N+]([O-])c1ccccc1CN(CC1CCCCN1)C1CC1. The molecule has 114 valence electrons. The minimum absolute atomic E-state index is 0.250. The molecule has 1 saturated carbocycles.